The van der Waals surface area contributed by atoms with Crippen LogP contribution in [0.1, 0.15) is 0 Å². The quantitative estimate of drug-likeness (QED) is 0.358. The molecule has 0 bridgehead atoms. The van der Waals surface area contributed by atoms with Gasteiger partial charge in [-0.15, -0.1) is 0 Å². The third kappa shape index (κ3) is 34.4. The molecule has 0 amide bonds. The van der Waals surface area contributed by atoms with E-state index in [0.29, 0.717) is 0 Å². The van der Waals surface area contributed by atoms with Crippen molar-refractivity contribution in [2.24, 2.45) is 0 Å². The van der Waals surface area contributed by atoms with Crippen molar-refractivity contribution < 1.29 is 14.4 Å². The zero-order valence-electron chi connectivity index (χ0n) is 2.33. The van der Waals surface area contributed by atoms with Gasteiger partial charge < -0.3 is 9.79 Å². The Hall–Kier alpha value is 2.22. The molecule has 1 unspecified atom stereocenters. The Morgan fingerprint density at radius 2 is 1.50 bits per heavy atom. The summed E-state index contributed by atoms with van der Waals surface area (Å²) in [4.78, 5) is 15.2. The molecular weight excluding hydrogens is 149 g/mol. The average molecular weight is 154 g/mol. The van der Waals surface area contributed by atoms with Gasteiger partial charge in [-0.2, -0.15) is 0 Å². The molecule has 0 aliphatic carbocycles. The summed E-state index contributed by atoms with van der Waals surface area (Å²) in [7, 11) is -2.34. The Labute approximate surface area is 80.6 Å². The van der Waals surface area contributed by atoms with Crippen LogP contribution in [0, 0.1) is 0 Å². The van der Waals surface area contributed by atoms with Crippen molar-refractivity contribution in [3.8, 4) is 0 Å². The van der Waals surface area contributed by atoms with Gasteiger partial charge in [0, 0.05) is 0 Å². The summed E-state index contributed by atoms with van der Waals surface area (Å²) >= 11 is 0. The van der Waals surface area contributed by atoms with Gasteiger partial charge in [-0.25, -0.2) is 0 Å². The van der Waals surface area contributed by atoms with Crippen LogP contribution in [0.15, 0.2) is 0 Å². The van der Waals surface area contributed by atoms with Gasteiger partial charge >= 0.3 is 58.7 Å². The first kappa shape index (κ1) is 11.1. The molecule has 0 aliphatic rings. The summed E-state index contributed by atoms with van der Waals surface area (Å²) in [5.74, 6) is 0. The van der Waals surface area contributed by atoms with E-state index in [4.69, 9.17) is 9.79 Å². The van der Waals surface area contributed by atoms with Crippen molar-refractivity contribution >= 4 is 67.6 Å². The molecule has 3 nitrogen and oxygen atoms in total. The first-order valence-electron chi connectivity index (χ1n) is 0.841. The standard InChI is InChI=1S/K.H4O3P2.H/c;1-5(2,3)4;/h;4H2,(H2,1,2,3);. The van der Waals surface area contributed by atoms with Gasteiger partial charge in [-0.1, -0.05) is 0 Å². The predicted octanol–water partition coefficient (Wildman–Crippen LogP) is -0.694. The first-order chi connectivity index (χ1) is 2.00. The van der Waals surface area contributed by atoms with Crippen LogP contribution in [0.25, 0.3) is 0 Å². The molecule has 6 heteroatoms. The third-order valence-electron chi connectivity index (χ3n) is 0. The van der Waals surface area contributed by atoms with Crippen LogP contribution in [0.4, 0.5) is 0 Å². The van der Waals surface area contributed by atoms with E-state index in [2.05, 4.69) is 0 Å². The molecule has 0 saturated carbocycles. The minimum atomic E-state index is -3.72. The van der Waals surface area contributed by atoms with E-state index in [9.17, 15) is 4.57 Å². The molecule has 0 aromatic rings. The normalized spacial score (nSPS) is 9.83. The summed E-state index contributed by atoms with van der Waals surface area (Å²) in [6.07, 6.45) is 0. The molecule has 0 heterocycles. The predicted molar refractivity (Wildman–Crippen MR) is 28.9 cm³/mol. The van der Waals surface area contributed by atoms with Crippen LogP contribution in [0.5, 0.6) is 0 Å². The van der Waals surface area contributed by atoms with Crippen LogP contribution < -0.4 is 0 Å². The van der Waals surface area contributed by atoms with Crippen LogP contribution in [0.2, 0.25) is 0 Å². The molecule has 2 N–H and O–H groups in total. The van der Waals surface area contributed by atoms with E-state index in [0.717, 1.165) is 0 Å². The summed E-state index contributed by atoms with van der Waals surface area (Å²) in [5.41, 5.74) is 0. The molecule has 1 atom stereocenters. The number of hydrogen-bond donors (Lipinski definition) is 2. The zero-order valence-corrected chi connectivity index (χ0v) is 4.38. The fourth-order valence-corrected chi connectivity index (χ4v) is 0. The molecule has 0 radical (unpaired) electrons. The summed E-state index contributed by atoms with van der Waals surface area (Å²) < 4.78 is 9.29. The van der Waals surface area contributed by atoms with Gasteiger partial charge in [-0.3, -0.25) is 4.57 Å². The van der Waals surface area contributed by atoms with Crippen LogP contribution in [-0.2, 0) is 4.57 Å². The van der Waals surface area contributed by atoms with Crippen LogP contribution >= 0.6 is 16.2 Å². The Morgan fingerprint density at radius 3 is 1.50 bits per heavy atom. The van der Waals surface area contributed by atoms with Gasteiger partial charge in [0.05, 0.1) is 0 Å². The fourth-order valence-electron chi connectivity index (χ4n) is 0. The maximum atomic E-state index is 9.29. The molecule has 0 fully saturated rings. The molecule has 34 valence electrons. The second kappa shape index (κ2) is 4.13. The van der Waals surface area contributed by atoms with Gasteiger partial charge in [0.2, 0.25) is 0 Å². The van der Waals surface area contributed by atoms with Crippen LogP contribution in [0.3, 0.4) is 0 Å². The fraction of sp³-hybridized carbons (Fsp3) is 0. The van der Waals surface area contributed by atoms with E-state index < -0.39 is 7.28 Å². The molecule has 0 aromatic carbocycles. The van der Waals surface area contributed by atoms with Crippen molar-refractivity contribution in [2.75, 3.05) is 0 Å². The Kier molecular flexibility index (Phi) is 7.62. The van der Waals surface area contributed by atoms with Gasteiger partial charge in [0.15, 0.2) is 0 Å². The molecule has 0 aromatic heterocycles. The minimum absolute atomic E-state index is 0. The first-order valence-corrected chi connectivity index (χ1v) is 4.07. The monoisotopic (exact) mass is 154 g/mol. The van der Waals surface area contributed by atoms with Gasteiger partial charge in [-0.05, 0) is 8.93 Å². The molecule has 0 rings (SSSR count). The van der Waals surface area contributed by atoms with Crippen molar-refractivity contribution in [3.05, 3.63) is 0 Å². The SMILES string of the molecule is O=P(O)(O)P.[KH]. The van der Waals surface area contributed by atoms with Crippen molar-refractivity contribution in [1.82, 2.24) is 0 Å². The summed E-state index contributed by atoms with van der Waals surface area (Å²) in [6, 6.07) is 0. The number of hydrogen-bond acceptors (Lipinski definition) is 1. The second-order valence-electron chi connectivity index (χ2n) is 0.589. The van der Waals surface area contributed by atoms with Crippen molar-refractivity contribution in [2.45, 2.75) is 0 Å². The van der Waals surface area contributed by atoms with Crippen LogP contribution in [-0.4, -0.2) is 61.2 Å². The van der Waals surface area contributed by atoms with E-state index in [1.165, 1.54) is 8.93 Å². The van der Waals surface area contributed by atoms with E-state index in [-0.39, 0.29) is 51.4 Å². The summed E-state index contributed by atoms with van der Waals surface area (Å²) in [5, 5.41) is 0. The summed E-state index contributed by atoms with van der Waals surface area (Å²) in [6.45, 7) is 0. The average Bonchev–Trinajstić information content (AvgIpc) is 0.722. The molecule has 6 heavy (non-hydrogen) atoms. The molecule has 0 spiro atoms. The molecular formula is H5KO3P2. The number of rotatable bonds is 0. The molecule has 0 saturated heterocycles. The van der Waals surface area contributed by atoms with E-state index in [1.54, 1.807) is 0 Å². The van der Waals surface area contributed by atoms with E-state index in [1.807, 2.05) is 0 Å². The third-order valence-corrected chi connectivity index (χ3v) is 0. The second-order valence-corrected chi connectivity index (χ2v) is 3.79. The van der Waals surface area contributed by atoms with E-state index >= 15 is 0 Å². The van der Waals surface area contributed by atoms with Crippen molar-refractivity contribution in [3.63, 3.8) is 0 Å². The topological polar surface area (TPSA) is 57.5 Å². The zero-order chi connectivity index (χ0) is 4.50. The Morgan fingerprint density at radius 1 is 1.50 bits per heavy atom. The Bertz CT molecular complexity index is 54.9. The molecule has 0 aliphatic heterocycles. The van der Waals surface area contributed by atoms with Gasteiger partial charge in [0.1, 0.15) is 0 Å². The Balaban J connectivity index is 0. The maximum absolute atomic E-state index is 9.29. The van der Waals surface area contributed by atoms with Crippen molar-refractivity contribution in [1.29, 1.82) is 0 Å². The van der Waals surface area contributed by atoms with Gasteiger partial charge in [0.25, 0.3) is 0 Å².